The summed E-state index contributed by atoms with van der Waals surface area (Å²) in [5, 5.41) is 8.16. The van der Waals surface area contributed by atoms with Gasteiger partial charge in [-0.2, -0.15) is 0 Å². The van der Waals surface area contributed by atoms with Crippen LogP contribution >= 0.6 is 45.8 Å². The smallest absolute Gasteiger partial charge is 0.233 e. The largest absolute Gasteiger partial charge is 0.330 e. The van der Waals surface area contributed by atoms with E-state index in [-0.39, 0.29) is 11.9 Å². The summed E-state index contributed by atoms with van der Waals surface area (Å²) in [6.07, 6.45) is 2.52. The van der Waals surface area contributed by atoms with Crippen LogP contribution in [0, 0.1) is 0 Å². The maximum absolute atomic E-state index is 13.2. The molecule has 0 fully saturated rings. The Balaban J connectivity index is 1.40. The maximum atomic E-state index is 13.2. The van der Waals surface area contributed by atoms with Gasteiger partial charge in [-0.25, -0.2) is 9.97 Å². The summed E-state index contributed by atoms with van der Waals surface area (Å²) in [6, 6.07) is 8.44. The molecule has 27 heavy (non-hydrogen) atoms. The van der Waals surface area contributed by atoms with E-state index in [9.17, 15) is 4.79 Å². The first-order chi connectivity index (χ1) is 13.3. The Labute approximate surface area is 172 Å². The predicted octanol–water partition coefficient (Wildman–Crippen LogP) is 5.08. The summed E-state index contributed by atoms with van der Waals surface area (Å²) in [5.74, 6) is 0.556. The van der Waals surface area contributed by atoms with E-state index in [4.69, 9.17) is 0 Å². The zero-order valence-corrected chi connectivity index (χ0v) is 17.5. The number of hydrogen-bond donors (Lipinski definition) is 0. The lowest BCUT2D eigenvalue weighted by molar-refractivity contribution is -0.130. The second kappa shape index (κ2) is 7.35. The molecular formula is C19H15N3OS4. The molecule has 0 aliphatic carbocycles. The van der Waals surface area contributed by atoms with E-state index in [0.717, 1.165) is 28.2 Å². The monoisotopic (exact) mass is 429 g/mol. The average Bonchev–Trinajstić information content (AvgIpc) is 3.46. The van der Waals surface area contributed by atoms with Crippen LogP contribution in [0.3, 0.4) is 0 Å². The predicted molar refractivity (Wildman–Crippen MR) is 114 cm³/mol. The molecule has 0 aromatic carbocycles. The minimum Gasteiger partial charge on any atom is -0.330 e. The summed E-state index contributed by atoms with van der Waals surface area (Å²) < 4.78 is 0. The number of nitrogens with zero attached hydrogens (tertiary/aromatic N) is 3. The molecule has 136 valence electrons. The lowest BCUT2D eigenvalue weighted by Crippen LogP contribution is -2.40. The van der Waals surface area contributed by atoms with Crippen LogP contribution in [0.1, 0.15) is 21.4 Å². The van der Waals surface area contributed by atoms with Gasteiger partial charge < -0.3 is 4.90 Å². The summed E-state index contributed by atoms with van der Waals surface area (Å²) in [5.41, 5.74) is 1.29. The van der Waals surface area contributed by atoms with Gasteiger partial charge >= 0.3 is 0 Å². The highest BCUT2D eigenvalue weighted by Crippen LogP contribution is 2.40. The zero-order chi connectivity index (χ0) is 18.2. The van der Waals surface area contributed by atoms with E-state index >= 15 is 0 Å². The number of carbonyl (C=O) groups is 1. The number of aromatic nitrogens is 2. The van der Waals surface area contributed by atoms with E-state index in [2.05, 4.69) is 38.9 Å². The van der Waals surface area contributed by atoms with Crippen molar-refractivity contribution < 1.29 is 4.79 Å². The van der Waals surface area contributed by atoms with Crippen molar-refractivity contribution in [1.82, 2.24) is 14.9 Å². The highest BCUT2D eigenvalue weighted by atomic mass is 32.2. The van der Waals surface area contributed by atoms with Gasteiger partial charge in [0.2, 0.25) is 5.91 Å². The highest BCUT2D eigenvalue weighted by molar-refractivity contribution is 8.00. The zero-order valence-electron chi connectivity index (χ0n) is 14.2. The van der Waals surface area contributed by atoms with Gasteiger partial charge in [0.15, 0.2) is 0 Å². The Morgan fingerprint density at radius 2 is 2.07 bits per heavy atom. The molecule has 1 unspecified atom stereocenters. The summed E-state index contributed by atoms with van der Waals surface area (Å²) >= 11 is 6.63. The van der Waals surface area contributed by atoms with E-state index < -0.39 is 0 Å². The van der Waals surface area contributed by atoms with Crippen molar-refractivity contribution in [1.29, 1.82) is 0 Å². The van der Waals surface area contributed by atoms with Crippen molar-refractivity contribution >= 4 is 61.9 Å². The first-order valence-electron chi connectivity index (χ1n) is 8.51. The summed E-state index contributed by atoms with van der Waals surface area (Å²) in [6.45, 7) is 0.771. The number of carbonyl (C=O) groups excluding carboxylic acids is 1. The SMILES string of the molecule is O=C(CSc1ncnc2sccc12)N1CCc2sccc2C1c1cccs1. The second-order valence-corrected chi connectivity index (χ2v) is 10.00. The normalized spacial score (nSPS) is 16.6. The Bertz CT molecular complexity index is 1090. The van der Waals surface area contributed by atoms with Crippen LogP contribution in [0.15, 0.2) is 51.8 Å². The second-order valence-electron chi connectivity index (χ2n) is 6.16. The van der Waals surface area contributed by atoms with Crippen molar-refractivity contribution in [3.8, 4) is 0 Å². The summed E-state index contributed by atoms with van der Waals surface area (Å²) in [7, 11) is 0. The van der Waals surface area contributed by atoms with Gasteiger partial charge in [0.05, 0.1) is 11.8 Å². The molecule has 8 heteroatoms. The molecule has 4 nitrogen and oxygen atoms in total. The quantitative estimate of drug-likeness (QED) is 0.335. The van der Waals surface area contributed by atoms with Crippen LogP contribution in [0.4, 0.5) is 0 Å². The number of amides is 1. The molecule has 0 radical (unpaired) electrons. The van der Waals surface area contributed by atoms with Crippen LogP contribution in [0.25, 0.3) is 10.2 Å². The van der Waals surface area contributed by atoms with E-state index in [1.165, 1.54) is 27.1 Å². The molecule has 4 aromatic heterocycles. The maximum Gasteiger partial charge on any atom is 0.233 e. The van der Waals surface area contributed by atoms with E-state index in [1.807, 2.05) is 16.3 Å². The first kappa shape index (κ1) is 17.4. The van der Waals surface area contributed by atoms with Gasteiger partial charge in [-0.3, -0.25) is 4.79 Å². The molecule has 5 rings (SSSR count). The highest BCUT2D eigenvalue weighted by Gasteiger charge is 2.33. The molecule has 0 N–H and O–H groups in total. The molecule has 0 saturated carbocycles. The standard InChI is InChI=1S/C19H15N3OS4/c23-16(10-27-19-13-5-9-26-18(13)20-11-21-19)22-6-3-14-12(4-8-25-14)17(22)15-2-1-7-24-15/h1-2,4-5,7-9,11,17H,3,6,10H2. The van der Waals surface area contributed by atoms with Gasteiger partial charge in [-0.15, -0.1) is 34.0 Å². The Hall–Kier alpha value is -1.74. The van der Waals surface area contributed by atoms with E-state index in [1.54, 1.807) is 40.3 Å². The molecule has 1 aliphatic rings. The molecular weight excluding hydrogens is 414 g/mol. The van der Waals surface area contributed by atoms with Crippen molar-refractivity contribution in [3.63, 3.8) is 0 Å². The number of thiophene rings is 3. The third-order valence-electron chi connectivity index (χ3n) is 4.66. The molecule has 1 amide bonds. The van der Waals surface area contributed by atoms with Crippen LogP contribution in [-0.2, 0) is 11.2 Å². The molecule has 0 bridgehead atoms. The topological polar surface area (TPSA) is 46.1 Å². The number of thioether (sulfide) groups is 1. The lowest BCUT2D eigenvalue weighted by atomic mass is 9.98. The minimum atomic E-state index is 0.0414. The minimum absolute atomic E-state index is 0.0414. The van der Waals surface area contributed by atoms with Gasteiger partial charge in [0.25, 0.3) is 0 Å². The Morgan fingerprint density at radius 3 is 2.96 bits per heavy atom. The third-order valence-corrected chi connectivity index (χ3v) is 8.39. The third kappa shape index (κ3) is 3.20. The van der Waals surface area contributed by atoms with Crippen molar-refractivity contribution in [3.05, 3.63) is 62.1 Å². The Kier molecular flexibility index (Phi) is 4.73. The average molecular weight is 430 g/mol. The lowest BCUT2D eigenvalue weighted by Gasteiger charge is -2.35. The van der Waals surface area contributed by atoms with Crippen LogP contribution in [0.2, 0.25) is 0 Å². The molecule has 0 spiro atoms. The van der Waals surface area contributed by atoms with Gasteiger partial charge in [0.1, 0.15) is 16.2 Å². The van der Waals surface area contributed by atoms with Gasteiger partial charge in [-0.1, -0.05) is 17.8 Å². The van der Waals surface area contributed by atoms with Crippen molar-refractivity contribution in [2.45, 2.75) is 17.5 Å². The van der Waals surface area contributed by atoms with Gasteiger partial charge in [0, 0.05) is 21.7 Å². The number of fused-ring (bicyclic) bond motifs is 2. The fourth-order valence-corrected chi connectivity index (χ4v) is 6.86. The fourth-order valence-electron chi connectivity index (χ4n) is 3.43. The molecule has 0 saturated heterocycles. The molecule has 5 heterocycles. The molecule has 4 aromatic rings. The molecule has 1 atom stereocenters. The number of rotatable bonds is 4. The summed E-state index contributed by atoms with van der Waals surface area (Å²) in [4.78, 5) is 27.5. The van der Waals surface area contributed by atoms with Crippen LogP contribution in [-0.4, -0.2) is 33.1 Å². The first-order valence-corrected chi connectivity index (χ1v) is 12.1. The Morgan fingerprint density at radius 1 is 1.15 bits per heavy atom. The molecule has 1 aliphatic heterocycles. The number of hydrogen-bond acceptors (Lipinski definition) is 7. The van der Waals surface area contributed by atoms with Crippen LogP contribution in [0.5, 0.6) is 0 Å². The van der Waals surface area contributed by atoms with Crippen LogP contribution < -0.4 is 0 Å². The van der Waals surface area contributed by atoms with E-state index in [0.29, 0.717) is 5.75 Å². The van der Waals surface area contributed by atoms with Crippen molar-refractivity contribution in [2.75, 3.05) is 12.3 Å². The fraction of sp³-hybridized carbons (Fsp3) is 0.211. The van der Waals surface area contributed by atoms with Gasteiger partial charge in [-0.05, 0) is 46.3 Å². The van der Waals surface area contributed by atoms with Crippen molar-refractivity contribution in [2.24, 2.45) is 0 Å².